The average Bonchev–Trinajstić information content (AvgIpc) is 3.07. The van der Waals surface area contributed by atoms with Gasteiger partial charge in [0, 0.05) is 64.0 Å². The first-order chi connectivity index (χ1) is 15.0. The van der Waals surface area contributed by atoms with Gasteiger partial charge in [0.1, 0.15) is 5.82 Å². The smallest absolute Gasteiger partial charge is 0.224 e. The number of nitrogens with zero attached hydrogens (tertiary/aromatic N) is 4. The number of nitrogens with one attached hydrogen (secondary N) is 1. The van der Waals surface area contributed by atoms with Crippen LogP contribution in [-0.4, -0.2) is 53.1 Å². The van der Waals surface area contributed by atoms with E-state index in [1.807, 2.05) is 12.1 Å². The van der Waals surface area contributed by atoms with Crippen LogP contribution in [0.1, 0.15) is 26.1 Å². The Kier molecular flexibility index (Phi) is 6.56. The lowest BCUT2D eigenvalue weighted by Crippen LogP contribution is -2.47. The molecule has 1 aliphatic heterocycles. The van der Waals surface area contributed by atoms with Crippen LogP contribution in [-0.2, 0) is 18.3 Å². The number of carbonyl (C=O) groups is 1. The molecule has 0 spiro atoms. The van der Waals surface area contributed by atoms with Crippen molar-refractivity contribution in [3.63, 3.8) is 0 Å². The number of aromatic nitrogens is 2. The average molecular weight is 420 g/mol. The quantitative estimate of drug-likeness (QED) is 0.631. The van der Waals surface area contributed by atoms with E-state index in [0.29, 0.717) is 12.3 Å². The van der Waals surface area contributed by atoms with Crippen LogP contribution >= 0.6 is 0 Å². The molecule has 3 aromatic rings. The van der Waals surface area contributed by atoms with Crippen molar-refractivity contribution in [3.05, 3.63) is 54.4 Å². The molecule has 1 aromatic heterocycles. The Morgan fingerprint density at radius 1 is 1.06 bits per heavy atom. The van der Waals surface area contributed by atoms with Crippen molar-refractivity contribution in [2.75, 3.05) is 42.9 Å². The third kappa shape index (κ3) is 5.25. The summed E-state index contributed by atoms with van der Waals surface area (Å²) in [6.45, 7) is 9.39. The number of rotatable bonds is 7. The molecule has 0 unspecified atom stereocenters. The zero-order chi connectivity index (χ0) is 21.8. The van der Waals surface area contributed by atoms with E-state index in [2.05, 4.69) is 77.0 Å². The van der Waals surface area contributed by atoms with Crippen molar-refractivity contribution in [2.24, 2.45) is 13.0 Å². The van der Waals surface area contributed by atoms with Gasteiger partial charge < -0.3 is 14.8 Å². The molecule has 2 aromatic carbocycles. The van der Waals surface area contributed by atoms with Crippen LogP contribution in [0.5, 0.6) is 0 Å². The maximum Gasteiger partial charge on any atom is 0.224 e. The van der Waals surface area contributed by atoms with E-state index < -0.39 is 0 Å². The zero-order valence-electron chi connectivity index (χ0n) is 18.8. The van der Waals surface area contributed by atoms with Crippen LogP contribution < -0.4 is 10.2 Å². The van der Waals surface area contributed by atoms with Crippen molar-refractivity contribution < 1.29 is 4.79 Å². The van der Waals surface area contributed by atoms with Crippen LogP contribution in [0.15, 0.2) is 48.5 Å². The van der Waals surface area contributed by atoms with Gasteiger partial charge in [0.2, 0.25) is 5.91 Å². The monoisotopic (exact) mass is 419 g/mol. The fraction of sp³-hybridized carbons (Fsp3) is 0.440. The molecule has 0 aliphatic carbocycles. The van der Waals surface area contributed by atoms with E-state index in [4.69, 9.17) is 4.98 Å². The van der Waals surface area contributed by atoms with Gasteiger partial charge in [-0.1, -0.05) is 32.0 Å². The van der Waals surface area contributed by atoms with Gasteiger partial charge in [-0.15, -0.1) is 0 Å². The van der Waals surface area contributed by atoms with E-state index in [0.717, 1.165) is 61.7 Å². The summed E-state index contributed by atoms with van der Waals surface area (Å²) in [6, 6.07) is 16.7. The number of benzene rings is 2. The third-order valence-corrected chi connectivity index (χ3v) is 6.00. The Bertz CT molecular complexity index is 1020. The van der Waals surface area contributed by atoms with Gasteiger partial charge in [0.05, 0.1) is 11.0 Å². The molecular weight excluding hydrogens is 386 g/mol. The Hall–Kier alpha value is -2.86. The SMILES string of the molecule is CC(C)CC(=O)Nc1ccc2c(c1)nc(CCN1CCN(c3ccccc3)CC1)n2C. The lowest BCUT2D eigenvalue weighted by atomic mass is 10.1. The Morgan fingerprint density at radius 3 is 2.52 bits per heavy atom. The summed E-state index contributed by atoms with van der Waals surface area (Å²) < 4.78 is 2.18. The molecule has 1 fully saturated rings. The number of para-hydroxylation sites is 1. The number of piperazine rings is 1. The lowest BCUT2D eigenvalue weighted by Gasteiger charge is -2.36. The van der Waals surface area contributed by atoms with Gasteiger partial charge in [-0.25, -0.2) is 4.98 Å². The molecule has 0 saturated carbocycles. The first-order valence-corrected chi connectivity index (χ1v) is 11.3. The first-order valence-electron chi connectivity index (χ1n) is 11.3. The second-order valence-corrected chi connectivity index (χ2v) is 8.85. The van der Waals surface area contributed by atoms with Crippen molar-refractivity contribution in [2.45, 2.75) is 26.7 Å². The fourth-order valence-electron chi connectivity index (χ4n) is 4.26. The molecule has 6 nitrogen and oxygen atoms in total. The number of hydrogen-bond donors (Lipinski definition) is 1. The van der Waals surface area contributed by atoms with Crippen LogP contribution in [0.3, 0.4) is 0 Å². The third-order valence-electron chi connectivity index (χ3n) is 6.00. The van der Waals surface area contributed by atoms with Gasteiger partial charge >= 0.3 is 0 Å². The number of anilines is 2. The standard InChI is InChI=1S/C25H33N5O/c1-19(2)17-25(31)26-20-9-10-23-22(18-20)27-24(28(23)3)11-12-29-13-15-30(16-14-29)21-7-5-4-6-8-21/h4-10,18-19H,11-17H2,1-3H3,(H,26,31). The van der Waals surface area contributed by atoms with Crippen LogP contribution in [0.2, 0.25) is 0 Å². The zero-order valence-corrected chi connectivity index (χ0v) is 18.8. The molecule has 1 amide bonds. The fourth-order valence-corrected chi connectivity index (χ4v) is 4.26. The number of fused-ring (bicyclic) bond motifs is 1. The van der Waals surface area contributed by atoms with Gasteiger partial charge in [-0.2, -0.15) is 0 Å². The number of carbonyl (C=O) groups excluding carboxylic acids is 1. The lowest BCUT2D eigenvalue weighted by molar-refractivity contribution is -0.116. The summed E-state index contributed by atoms with van der Waals surface area (Å²) in [6.07, 6.45) is 1.45. The molecule has 0 atom stereocenters. The number of amides is 1. The molecule has 0 radical (unpaired) electrons. The Morgan fingerprint density at radius 2 is 1.81 bits per heavy atom. The molecule has 2 heterocycles. The second-order valence-electron chi connectivity index (χ2n) is 8.85. The molecule has 0 bridgehead atoms. The Balaban J connectivity index is 1.34. The second kappa shape index (κ2) is 9.52. The molecular formula is C25H33N5O. The summed E-state index contributed by atoms with van der Waals surface area (Å²) in [5, 5.41) is 2.99. The van der Waals surface area contributed by atoms with Gasteiger partial charge in [0.15, 0.2) is 0 Å². The summed E-state index contributed by atoms with van der Waals surface area (Å²) in [5.74, 6) is 1.49. The van der Waals surface area contributed by atoms with Crippen LogP contribution in [0, 0.1) is 5.92 Å². The molecule has 4 rings (SSSR count). The van der Waals surface area contributed by atoms with Gasteiger partial charge in [-0.3, -0.25) is 9.69 Å². The summed E-state index contributed by atoms with van der Waals surface area (Å²) >= 11 is 0. The molecule has 164 valence electrons. The minimum Gasteiger partial charge on any atom is -0.369 e. The summed E-state index contributed by atoms with van der Waals surface area (Å²) in [7, 11) is 2.08. The molecule has 31 heavy (non-hydrogen) atoms. The van der Waals surface area contributed by atoms with E-state index in [9.17, 15) is 4.79 Å². The number of aryl methyl sites for hydroxylation is 1. The number of imidazole rings is 1. The minimum absolute atomic E-state index is 0.0557. The Labute approximate surface area is 184 Å². The van der Waals surface area contributed by atoms with Gasteiger partial charge in [-0.05, 0) is 36.2 Å². The van der Waals surface area contributed by atoms with E-state index in [1.165, 1.54) is 5.69 Å². The maximum absolute atomic E-state index is 12.1. The normalized spacial score (nSPS) is 15.0. The van der Waals surface area contributed by atoms with E-state index in [-0.39, 0.29) is 5.91 Å². The minimum atomic E-state index is 0.0557. The largest absolute Gasteiger partial charge is 0.369 e. The highest BCUT2D eigenvalue weighted by molar-refractivity contribution is 5.93. The predicted molar refractivity (Wildman–Crippen MR) is 128 cm³/mol. The molecule has 1 saturated heterocycles. The molecule has 1 aliphatic rings. The summed E-state index contributed by atoms with van der Waals surface area (Å²) in [4.78, 5) is 21.9. The van der Waals surface area contributed by atoms with Crippen molar-refractivity contribution in [1.29, 1.82) is 0 Å². The highest BCUT2D eigenvalue weighted by atomic mass is 16.1. The molecule has 1 N–H and O–H groups in total. The first kappa shape index (κ1) is 21.4. The maximum atomic E-state index is 12.1. The van der Waals surface area contributed by atoms with Crippen LogP contribution in [0.25, 0.3) is 11.0 Å². The highest BCUT2D eigenvalue weighted by Gasteiger charge is 2.18. The van der Waals surface area contributed by atoms with E-state index in [1.54, 1.807) is 0 Å². The van der Waals surface area contributed by atoms with Crippen molar-refractivity contribution in [3.8, 4) is 0 Å². The highest BCUT2D eigenvalue weighted by Crippen LogP contribution is 2.21. The van der Waals surface area contributed by atoms with E-state index >= 15 is 0 Å². The molecule has 6 heteroatoms. The van der Waals surface area contributed by atoms with Crippen LogP contribution in [0.4, 0.5) is 11.4 Å². The van der Waals surface area contributed by atoms with Gasteiger partial charge in [0.25, 0.3) is 0 Å². The number of hydrogen-bond acceptors (Lipinski definition) is 4. The topological polar surface area (TPSA) is 53.4 Å². The van der Waals surface area contributed by atoms with Crippen molar-refractivity contribution in [1.82, 2.24) is 14.5 Å². The predicted octanol–water partition coefficient (Wildman–Crippen LogP) is 3.92. The van der Waals surface area contributed by atoms with Crippen molar-refractivity contribution >= 4 is 28.3 Å². The summed E-state index contributed by atoms with van der Waals surface area (Å²) in [5.41, 5.74) is 4.17.